The van der Waals surface area contributed by atoms with Crippen LogP contribution in [-0.4, -0.2) is 60.2 Å². The highest BCUT2D eigenvalue weighted by Crippen LogP contribution is 2.42. The van der Waals surface area contributed by atoms with E-state index in [0.717, 1.165) is 37.5 Å². The molecule has 5 rings (SSSR count). The number of aromatic nitrogens is 2. The number of amides is 1. The molecule has 2 aliphatic rings. The number of nitrogens with zero attached hydrogens (tertiary/aromatic N) is 4. The Hall–Kier alpha value is -3.87. The third kappa shape index (κ3) is 4.43. The predicted octanol–water partition coefficient (Wildman–Crippen LogP) is 3.02. The molecule has 3 aromatic rings. The van der Waals surface area contributed by atoms with Crippen LogP contribution in [0.2, 0.25) is 0 Å². The number of hydrogen-bond acceptors (Lipinski definition) is 7. The SMILES string of the molecule is C[C@H]1COc2c(N3CCN(C)CC3)c(F)cc3c(=O)c(C(=O)NNc4ncccc4C(F)(F)F)cn1c23. The fraction of sp³-hybridized carbons (Fsp3) is 0.375. The van der Waals surface area contributed by atoms with Crippen molar-refractivity contribution in [2.45, 2.75) is 19.1 Å². The summed E-state index contributed by atoms with van der Waals surface area (Å²) in [6.07, 6.45) is -2.26. The van der Waals surface area contributed by atoms with Crippen molar-refractivity contribution < 1.29 is 27.1 Å². The van der Waals surface area contributed by atoms with Gasteiger partial charge in [-0.05, 0) is 32.2 Å². The fourth-order valence-corrected chi connectivity index (χ4v) is 4.62. The lowest BCUT2D eigenvalue weighted by Crippen LogP contribution is -2.45. The van der Waals surface area contributed by atoms with E-state index in [-0.39, 0.29) is 35.0 Å². The Morgan fingerprint density at radius 1 is 1.22 bits per heavy atom. The van der Waals surface area contributed by atoms with Gasteiger partial charge < -0.3 is 19.1 Å². The minimum absolute atomic E-state index is 0.0570. The van der Waals surface area contributed by atoms with E-state index >= 15 is 4.39 Å². The van der Waals surface area contributed by atoms with Crippen molar-refractivity contribution in [3.63, 3.8) is 0 Å². The van der Waals surface area contributed by atoms with E-state index in [9.17, 15) is 22.8 Å². The van der Waals surface area contributed by atoms with E-state index in [2.05, 4.69) is 20.7 Å². The van der Waals surface area contributed by atoms with Gasteiger partial charge in [-0.1, -0.05) is 0 Å². The molecule has 1 fully saturated rings. The number of pyridine rings is 2. The van der Waals surface area contributed by atoms with Crippen molar-refractivity contribution in [3.05, 3.63) is 57.8 Å². The lowest BCUT2D eigenvalue weighted by Gasteiger charge is -2.37. The number of carbonyl (C=O) groups excluding carboxylic acids is 1. The van der Waals surface area contributed by atoms with Gasteiger partial charge in [0.1, 0.15) is 17.9 Å². The molecule has 0 unspecified atom stereocenters. The van der Waals surface area contributed by atoms with Gasteiger partial charge in [-0.3, -0.25) is 20.4 Å². The van der Waals surface area contributed by atoms with Crippen molar-refractivity contribution in [1.29, 1.82) is 0 Å². The van der Waals surface area contributed by atoms with E-state index < -0.39 is 34.7 Å². The standard InChI is InChI=1S/C24H24F4N6O3/c1-13-12-37-21-18-14(10-17(25)19(21)33-8-6-32(2)7-9-33)20(35)15(11-34(13)18)23(36)31-30-22-16(24(26,27)28)4-3-5-29-22/h3-5,10-11,13H,6-9,12H2,1-2H3,(H,29,30)(H,31,36)/t13-/m0/s1. The number of halogens is 4. The number of hydrogen-bond donors (Lipinski definition) is 2. The van der Waals surface area contributed by atoms with Gasteiger partial charge in [-0.15, -0.1) is 0 Å². The summed E-state index contributed by atoms with van der Waals surface area (Å²) in [5, 5.41) is -0.0570. The van der Waals surface area contributed by atoms with Crippen molar-refractivity contribution >= 4 is 28.3 Å². The average molecular weight is 520 g/mol. The first-order chi connectivity index (χ1) is 17.6. The van der Waals surface area contributed by atoms with Gasteiger partial charge >= 0.3 is 6.18 Å². The largest absolute Gasteiger partial charge is 0.487 e. The van der Waals surface area contributed by atoms with Crippen molar-refractivity contribution in [1.82, 2.24) is 19.9 Å². The molecule has 0 saturated carbocycles. The zero-order valence-electron chi connectivity index (χ0n) is 20.0. The van der Waals surface area contributed by atoms with E-state index in [4.69, 9.17) is 4.74 Å². The summed E-state index contributed by atoms with van der Waals surface area (Å²) in [4.78, 5) is 33.8. The molecule has 37 heavy (non-hydrogen) atoms. The van der Waals surface area contributed by atoms with Gasteiger partial charge in [0, 0.05) is 38.6 Å². The Kier molecular flexibility index (Phi) is 6.18. The molecule has 2 aliphatic heterocycles. The third-order valence-electron chi connectivity index (χ3n) is 6.61. The number of ether oxygens (including phenoxy) is 1. The highest BCUT2D eigenvalue weighted by atomic mass is 19.4. The van der Waals surface area contributed by atoms with Crippen LogP contribution in [0.4, 0.5) is 29.1 Å². The molecule has 1 saturated heterocycles. The molecule has 2 N–H and O–H groups in total. The lowest BCUT2D eigenvalue weighted by atomic mass is 10.0. The molecule has 1 atom stereocenters. The van der Waals surface area contributed by atoms with Crippen molar-refractivity contribution in [3.8, 4) is 5.75 Å². The van der Waals surface area contributed by atoms with Gasteiger partial charge in [0.25, 0.3) is 5.91 Å². The summed E-state index contributed by atoms with van der Waals surface area (Å²) >= 11 is 0. The zero-order valence-corrected chi connectivity index (χ0v) is 20.0. The van der Waals surface area contributed by atoms with Crippen LogP contribution < -0.4 is 25.9 Å². The smallest absolute Gasteiger partial charge is 0.420 e. The number of nitrogens with one attached hydrogen (secondary N) is 2. The number of anilines is 2. The topological polar surface area (TPSA) is 91.7 Å². The third-order valence-corrected chi connectivity index (χ3v) is 6.61. The molecule has 1 amide bonds. The van der Waals surface area contributed by atoms with E-state index in [1.54, 1.807) is 4.57 Å². The lowest BCUT2D eigenvalue weighted by molar-refractivity contribution is -0.137. The van der Waals surface area contributed by atoms with Crippen LogP contribution in [0.1, 0.15) is 28.9 Å². The number of carbonyl (C=O) groups is 1. The molecule has 9 nitrogen and oxygen atoms in total. The van der Waals surface area contributed by atoms with Gasteiger partial charge in [0.2, 0.25) is 5.43 Å². The molecule has 0 bridgehead atoms. The van der Waals surface area contributed by atoms with Gasteiger partial charge in [-0.25, -0.2) is 9.37 Å². The quantitative estimate of drug-likeness (QED) is 0.404. The minimum Gasteiger partial charge on any atom is -0.487 e. The highest BCUT2D eigenvalue weighted by Gasteiger charge is 2.35. The van der Waals surface area contributed by atoms with Crippen LogP contribution in [0.3, 0.4) is 0 Å². The van der Waals surface area contributed by atoms with Gasteiger partial charge in [0.05, 0.1) is 22.5 Å². The van der Waals surface area contributed by atoms with E-state index in [1.165, 1.54) is 6.20 Å². The van der Waals surface area contributed by atoms with Crippen LogP contribution in [0.5, 0.6) is 5.75 Å². The van der Waals surface area contributed by atoms with E-state index in [1.807, 2.05) is 18.9 Å². The Morgan fingerprint density at radius 3 is 2.65 bits per heavy atom. The number of likely N-dealkylation sites (N-methyl/N-ethyl adjacent to an activating group) is 1. The highest BCUT2D eigenvalue weighted by molar-refractivity contribution is 6.00. The normalized spacial score (nSPS) is 18.0. The molecule has 0 spiro atoms. The second-order valence-electron chi connectivity index (χ2n) is 9.14. The molecular weight excluding hydrogens is 496 g/mol. The average Bonchev–Trinajstić information content (AvgIpc) is 2.86. The first kappa shape index (κ1) is 24.8. The molecule has 2 aromatic heterocycles. The molecular formula is C24H24F4N6O3. The van der Waals surface area contributed by atoms with Gasteiger partial charge in [-0.2, -0.15) is 13.2 Å². The number of hydrazine groups is 1. The predicted molar refractivity (Wildman–Crippen MR) is 128 cm³/mol. The maximum atomic E-state index is 15.4. The van der Waals surface area contributed by atoms with Crippen LogP contribution in [0.15, 0.2) is 35.4 Å². The number of rotatable bonds is 4. The van der Waals surface area contributed by atoms with Crippen LogP contribution in [0.25, 0.3) is 10.9 Å². The summed E-state index contributed by atoms with van der Waals surface area (Å²) in [6.45, 7) is 4.62. The van der Waals surface area contributed by atoms with Crippen molar-refractivity contribution in [2.24, 2.45) is 0 Å². The van der Waals surface area contributed by atoms with Crippen LogP contribution >= 0.6 is 0 Å². The first-order valence-corrected chi connectivity index (χ1v) is 11.6. The second-order valence-corrected chi connectivity index (χ2v) is 9.14. The summed E-state index contributed by atoms with van der Waals surface area (Å²) in [5.41, 5.74) is 2.67. The summed E-state index contributed by atoms with van der Waals surface area (Å²) in [6, 6.07) is 2.72. The van der Waals surface area contributed by atoms with Crippen LogP contribution in [-0.2, 0) is 6.18 Å². The number of piperazine rings is 1. The molecule has 0 aliphatic carbocycles. The Labute approximate surface area is 208 Å². The molecule has 4 heterocycles. The minimum atomic E-state index is -4.71. The monoisotopic (exact) mass is 520 g/mol. The Bertz CT molecular complexity index is 1430. The number of alkyl halides is 3. The fourth-order valence-electron chi connectivity index (χ4n) is 4.62. The Morgan fingerprint density at radius 2 is 1.95 bits per heavy atom. The molecule has 13 heteroatoms. The Balaban J connectivity index is 1.54. The molecule has 0 radical (unpaired) electrons. The summed E-state index contributed by atoms with van der Waals surface area (Å²) < 4.78 is 62.8. The summed E-state index contributed by atoms with van der Waals surface area (Å²) in [7, 11) is 1.98. The zero-order chi connectivity index (χ0) is 26.5. The first-order valence-electron chi connectivity index (χ1n) is 11.6. The van der Waals surface area contributed by atoms with Gasteiger partial charge in [0.15, 0.2) is 17.4 Å². The maximum Gasteiger partial charge on any atom is 0.420 e. The van der Waals surface area contributed by atoms with E-state index in [0.29, 0.717) is 18.6 Å². The summed E-state index contributed by atoms with van der Waals surface area (Å²) in [5.74, 6) is -2.02. The number of benzene rings is 1. The molecule has 196 valence electrons. The maximum absolute atomic E-state index is 15.4. The van der Waals surface area contributed by atoms with Crippen molar-refractivity contribution in [2.75, 3.05) is 50.2 Å². The second kappa shape index (κ2) is 9.21. The molecule has 1 aromatic carbocycles. The van der Waals surface area contributed by atoms with Crippen LogP contribution in [0, 0.1) is 5.82 Å².